The molecular formula is C21H22ClN3O4S. The number of amides is 1. The summed E-state index contributed by atoms with van der Waals surface area (Å²) >= 11 is 6.11. The first-order valence-electron chi connectivity index (χ1n) is 9.41. The van der Waals surface area contributed by atoms with Gasteiger partial charge in [0.05, 0.1) is 29.3 Å². The second kappa shape index (κ2) is 9.04. The molecule has 2 aromatic carbocycles. The Morgan fingerprint density at radius 1 is 1.23 bits per heavy atom. The van der Waals surface area contributed by atoms with Crippen LogP contribution in [-0.2, 0) is 14.8 Å². The van der Waals surface area contributed by atoms with Crippen molar-refractivity contribution < 1.29 is 17.9 Å². The smallest absolute Gasteiger partial charge is 0.243 e. The van der Waals surface area contributed by atoms with Crippen LogP contribution in [0.2, 0.25) is 5.02 Å². The summed E-state index contributed by atoms with van der Waals surface area (Å²) in [6.07, 6.45) is 0.826. The summed E-state index contributed by atoms with van der Waals surface area (Å²) in [6.45, 7) is 2.33. The van der Waals surface area contributed by atoms with E-state index in [4.69, 9.17) is 21.6 Å². The van der Waals surface area contributed by atoms with Gasteiger partial charge in [-0.1, -0.05) is 11.6 Å². The zero-order chi connectivity index (χ0) is 21.9. The molecule has 0 aliphatic carbocycles. The first-order chi connectivity index (χ1) is 14.3. The van der Waals surface area contributed by atoms with E-state index < -0.39 is 10.0 Å². The fraction of sp³-hybridized carbons (Fsp3) is 0.333. The Balaban J connectivity index is 1.66. The van der Waals surface area contributed by atoms with E-state index in [0.29, 0.717) is 34.9 Å². The van der Waals surface area contributed by atoms with Gasteiger partial charge < -0.3 is 10.1 Å². The number of nitriles is 1. The van der Waals surface area contributed by atoms with Crippen LogP contribution >= 0.6 is 11.6 Å². The molecule has 1 aliphatic heterocycles. The summed E-state index contributed by atoms with van der Waals surface area (Å²) in [5, 5.41) is 12.3. The number of methoxy groups -OCH3 is 1. The number of halogens is 1. The minimum Gasteiger partial charge on any atom is -0.495 e. The number of benzene rings is 2. The molecule has 0 spiro atoms. The molecule has 30 heavy (non-hydrogen) atoms. The van der Waals surface area contributed by atoms with Crippen LogP contribution in [-0.4, -0.2) is 38.8 Å². The molecule has 1 saturated heterocycles. The van der Waals surface area contributed by atoms with Gasteiger partial charge in [-0.3, -0.25) is 4.79 Å². The summed E-state index contributed by atoms with van der Waals surface area (Å²) in [5.41, 5.74) is 1.75. The molecule has 3 rings (SSSR count). The van der Waals surface area contributed by atoms with Gasteiger partial charge in [0.25, 0.3) is 0 Å². The highest BCUT2D eigenvalue weighted by atomic mass is 35.5. The van der Waals surface area contributed by atoms with E-state index in [2.05, 4.69) is 5.32 Å². The number of hydrogen-bond donors (Lipinski definition) is 1. The van der Waals surface area contributed by atoms with E-state index in [-0.39, 0.29) is 29.8 Å². The maximum absolute atomic E-state index is 12.8. The van der Waals surface area contributed by atoms with E-state index in [0.717, 1.165) is 5.56 Å². The third-order valence-corrected chi connectivity index (χ3v) is 7.50. The highest BCUT2D eigenvalue weighted by Gasteiger charge is 2.32. The molecule has 9 heteroatoms. The Bertz CT molecular complexity index is 1090. The fourth-order valence-electron chi connectivity index (χ4n) is 3.37. The summed E-state index contributed by atoms with van der Waals surface area (Å²) in [7, 11) is -2.16. The number of aryl methyl sites for hydroxylation is 1. The molecular weight excluding hydrogens is 426 g/mol. The Labute approximate surface area is 181 Å². The average molecular weight is 448 g/mol. The fourth-order valence-corrected chi connectivity index (χ4v) is 5.00. The molecule has 0 atom stereocenters. The number of nitrogens with zero attached hydrogens (tertiary/aromatic N) is 2. The molecule has 1 amide bonds. The molecule has 1 aliphatic rings. The van der Waals surface area contributed by atoms with Gasteiger partial charge in [0.15, 0.2) is 0 Å². The number of carbonyl (C=O) groups is 1. The van der Waals surface area contributed by atoms with Crippen molar-refractivity contribution in [3.8, 4) is 11.8 Å². The first-order valence-corrected chi connectivity index (χ1v) is 11.2. The van der Waals surface area contributed by atoms with Gasteiger partial charge in [-0.05, 0) is 55.7 Å². The number of piperidine rings is 1. The van der Waals surface area contributed by atoms with Crippen LogP contribution < -0.4 is 10.1 Å². The summed E-state index contributed by atoms with van der Waals surface area (Å²) < 4.78 is 32.3. The first kappa shape index (κ1) is 22.1. The van der Waals surface area contributed by atoms with Gasteiger partial charge in [0.1, 0.15) is 5.75 Å². The predicted octanol–water partition coefficient (Wildman–Crippen LogP) is 3.57. The molecule has 0 radical (unpaired) electrons. The van der Waals surface area contributed by atoms with E-state index >= 15 is 0 Å². The van der Waals surface area contributed by atoms with E-state index in [1.807, 2.05) is 13.0 Å². The molecule has 7 nitrogen and oxygen atoms in total. The van der Waals surface area contributed by atoms with Crippen LogP contribution in [0, 0.1) is 24.2 Å². The van der Waals surface area contributed by atoms with Gasteiger partial charge in [-0.15, -0.1) is 0 Å². The van der Waals surface area contributed by atoms with Crippen molar-refractivity contribution in [1.82, 2.24) is 4.31 Å². The third-order valence-electron chi connectivity index (χ3n) is 5.18. The lowest BCUT2D eigenvalue weighted by atomic mass is 9.97. The highest BCUT2D eigenvalue weighted by Crippen LogP contribution is 2.32. The minimum absolute atomic E-state index is 0.144. The third kappa shape index (κ3) is 4.59. The van der Waals surface area contributed by atoms with E-state index in [9.17, 15) is 13.2 Å². The topological polar surface area (TPSA) is 99.5 Å². The van der Waals surface area contributed by atoms with Crippen LogP contribution in [0.3, 0.4) is 0 Å². The zero-order valence-electron chi connectivity index (χ0n) is 16.7. The second-order valence-electron chi connectivity index (χ2n) is 7.11. The van der Waals surface area contributed by atoms with Crippen molar-refractivity contribution in [3.05, 3.63) is 52.5 Å². The Morgan fingerprint density at radius 3 is 2.43 bits per heavy atom. The lowest BCUT2D eigenvalue weighted by molar-refractivity contribution is -0.120. The zero-order valence-corrected chi connectivity index (χ0v) is 18.3. The molecule has 0 saturated carbocycles. The van der Waals surface area contributed by atoms with Crippen LogP contribution in [0.4, 0.5) is 5.69 Å². The lowest BCUT2D eigenvalue weighted by Crippen LogP contribution is -2.41. The van der Waals surface area contributed by atoms with E-state index in [1.54, 1.807) is 12.1 Å². The molecule has 158 valence electrons. The Morgan fingerprint density at radius 2 is 1.87 bits per heavy atom. The number of hydrogen-bond acceptors (Lipinski definition) is 5. The van der Waals surface area contributed by atoms with Gasteiger partial charge in [-0.25, -0.2) is 8.42 Å². The molecule has 2 aromatic rings. The predicted molar refractivity (Wildman–Crippen MR) is 114 cm³/mol. The van der Waals surface area contributed by atoms with Crippen LogP contribution in [0.25, 0.3) is 0 Å². The summed E-state index contributed by atoms with van der Waals surface area (Å²) in [5.74, 6) is -0.0108. The summed E-state index contributed by atoms with van der Waals surface area (Å²) in [4.78, 5) is 12.9. The van der Waals surface area contributed by atoms with Crippen molar-refractivity contribution in [2.24, 2.45) is 5.92 Å². The molecule has 0 unspecified atom stereocenters. The monoisotopic (exact) mass is 447 g/mol. The van der Waals surface area contributed by atoms with E-state index in [1.165, 1.54) is 35.7 Å². The maximum atomic E-state index is 12.8. The second-order valence-corrected chi connectivity index (χ2v) is 9.45. The molecule has 0 bridgehead atoms. The normalized spacial score (nSPS) is 15.4. The Hall–Kier alpha value is -2.60. The maximum Gasteiger partial charge on any atom is 0.243 e. The highest BCUT2D eigenvalue weighted by molar-refractivity contribution is 7.89. The molecule has 1 heterocycles. The minimum atomic E-state index is -3.66. The number of anilines is 1. The number of nitrogens with one attached hydrogen (secondary N) is 1. The van der Waals surface area contributed by atoms with Crippen molar-refractivity contribution >= 4 is 33.2 Å². The average Bonchev–Trinajstić information content (AvgIpc) is 2.76. The number of carbonyl (C=O) groups excluding carboxylic acids is 1. The largest absolute Gasteiger partial charge is 0.495 e. The van der Waals surface area contributed by atoms with Crippen molar-refractivity contribution in [2.75, 3.05) is 25.5 Å². The van der Waals surface area contributed by atoms with Crippen LogP contribution in [0.1, 0.15) is 24.0 Å². The quantitative estimate of drug-likeness (QED) is 0.755. The number of rotatable bonds is 5. The van der Waals surface area contributed by atoms with Crippen molar-refractivity contribution in [1.29, 1.82) is 5.26 Å². The standard InChI is InChI=1S/C21H22ClN3O4S/c1-14-11-19(20(29-2)12-18(14)22)24-21(26)16-7-9-25(10-8-16)30(27,28)17-5-3-15(13-23)4-6-17/h3-6,11-12,16H,7-10H2,1-2H3,(H,24,26). The van der Waals surface area contributed by atoms with Gasteiger partial charge in [0, 0.05) is 30.1 Å². The Kier molecular flexibility index (Phi) is 6.66. The lowest BCUT2D eigenvalue weighted by Gasteiger charge is -2.30. The van der Waals surface area contributed by atoms with Crippen LogP contribution in [0.5, 0.6) is 5.75 Å². The van der Waals surface area contributed by atoms with Gasteiger partial charge >= 0.3 is 0 Å². The number of sulfonamides is 1. The van der Waals surface area contributed by atoms with Crippen molar-refractivity contribution in [3.63, 3.8) is 0 Å². The van der Waals surface area contributed by atoms with Gasteiger partial charge in [-0.2, -0.15) is 9.57 Å². The molecule has 0 aromatic heterocycles. The molecule has 1 N–H and O–H groups in total. The van der Waals surface area contributed by atoms with Crippen molar-refractivity contribution in [2.45, 2.75) is 24.7 Å². The van der Waals surface area contributed by atoms with Crippen LogP contribution in [0.15, 0.2) is 41.3 Å². The summed E-state index contributed by atoms with van der Waals surface area (Å²) in [6, 6.07) is 11.2. The van der Waals surface area contributed by atoms with Gasteiger partial charge in [0.2, 0.25) is 15.9 Å². The SMILES string of the molecule is COc1cc(Cl)c(C)cc1NC(=O)C1CCN(S(=O)(=O)c2ccc(C#N)cc2)CC1. The molecule has 1 fully saturated rings. The number of ether oxygens (including phenoxy) is 1.